The summed E-state index contributed by atoms with van der Waals surface area (Å²) < 4.78 is 21.5. The van der Waals surface area contributed by atoms with Crippen molar-refractivity contribution in [2.24, 2.45) is 0 Å². The van der Waals surface area contributed by atoms with Crippen LogP contribution in [0.1, 0.15) is 66.2 Å². The largest absolute Gasteiger partial charge is 0.756 e. The van der Waals surface area contributed by atoms with E-state index in [0.29, 0.717) is 0 Å². The van der Waals surface area contributed by atoms with E-state index >= 15 is 0 Å². The zero-order valence-electron chi connectivity index (χ0n) is 12.2. The first-order chi connectivity index (χ1) is 7.91. The van der Waals surface area contributed by atoms with Crippen LogP contribution in [-0.2, 0) is 33.1 Å². The van der Waals surface area contributed by atoms with E-state index < -0.39 is 7.82 Å². The second kappa shape index (κ2) is 11.6. The average molecular weight is 331 g/mol. The molecule has 106 valence electrons. The van der Waals surface area contributed by atoms with Gasteiger partial charge in [-0.2, -0.15) is 0 Å². The van der Waals surface area contributed by atoms with Crippen molar-refractivity contribution in [3.63, 3.8) is 0 Å². The molecule has 0 bridgehead atoms. The van der Waals surface area contributed by atoms with E-state index in [4.69, 9.17) is 9.05 Å². The molecule has 0 aliphatic rings. The molecular weight excluding hydrogens is 304 g/mol. The molecule has 0 aliphatic heterocycles. The molecule has 6 heteroatoms. The molecule has 0 heterocycles. The van der Waals surface area contributed by atoms with Gasteiger partial charge in [-0.25, -0.2) is 0 Å². The summed E-state index contributed by atoms with van der Waals surface area (Å²) in [5.74, 6) is 0. The van der Waals surface area contributed by atoms with Crippen LogP contribution in [0.3, 0.4) is 0 Å². The van der Waals surface area contributed by atoms with Gasteiger partial charge in [-0.1, -0.05) is 39.5 Å². The van der Waals surface area contributed by atoms with E-state index in [-0.39, 0.29) is 31.7 Å². The molecule has 2 atom stereocenters. The monoisotopic (exact) mass is 329 g/mol. The Labute approximate surface area is 124 Å². The first-order valence-electron chi connectivity index (χ1n) is 6.59. The summed E-state index contributed by atoms with van der Waals surface area (Å²) in [4.78, 5) is 11.6. The van der Waals surface area contributed by atoms with Crippen LogP contribution in [0.2, 0.25) is 0 Å². The summed E-state index contributed by atoms with van der Waals surface area (Å²) in [6, 6.07) is 0. The smallest absolute Gasteiger partial charge is 0.268 e. The number of hydrogen-bond acceptors (Lipinski definition) is 4. The van der Waals surface area contributed by atoms with Crippen molar-refractivity contribution in [2.45, 2.75) is 78.4 Å². The predicted octanol–water partition coefficient (Wildman–Crippen LogP) is 3.64. The first-order valence-corrected chi connectivity index (χ1v) is 8.05. The Bertz CT molecular complexity index is 218. The molecule has 4 nitrogen and oxygen atoms in total. The summed E-state index contributed by atoms with van der Waals surface area (Å²) >= 11 is 0. The Kier molecular flexibility index (Phi) is 13.5. The third kappa shape index (κ3) is 11.8. The summed E-state index contributed by atoms with van der Waals surface area (Å²) in [5, 5.41) is 0. The van der Waals surface area contributed by atoms with E-state index in [1.165, 1.54) is 0 Å². The standard InChI is InChI=1S/C12H27O4P.Zn/c1-5-7-9-11(3)15-17(13,14)16-12(4)10-8-6-2;/h11-12H,5-10H2,1-4H3,(H,13,14);/p-1. The normalized spacial score (nSPS) is 17.6. The Hall–Kier alpha value is 0.733. The predicted molar refractivity (Wildman–Crippen MR) is 67.8 cm³/mol. The molecule has 0 N–H and O–H groups in total. The molecule has 0 spiro atoms. The molecule has 0 fully saturated rings. The SMILES string of the molecule is CCCCC(C)OP(=O)([O-])OC(C)CCCC.[Zn]. The molecule has 0 aliphatic carbocycles. The molecule has 0 saturated heterocycles. The molecule has 2 unspecified atom stereocenters. The van der Waals surface area contributed by atoms with Gasteiger partial charge in [-0.15, -0.1) is 0 Å². The first kappa shape index (κ1) is 21.0. The van der Waals surface area contributed by atoms with Crippen molar-refractivity contribution < 1.29 is 38.0 Å². The second-order valence-electron chi connectivity index (χ2n) is 4.56. The molecule has 0 aromatic heterocycles. The molecule has 0 rings (SSSR count). The van der Waals surface area contributed by atoms with Crippen molar-refractivity contribution in [1.82, 2.24) is 0 Å². The van der Waals surface area contributed by atoms with Gasteiger partial charge in [0.05, 0.1) is 12.2 Å². The van der Waals surface area contributed by atoms with Crippen LogP contribution in [-0.4, -0.2) is 12.2 Å². The molecule has 18 heavy (non-hydrogen) atoms. The summed E-state index contributed by atoms with van der Waals surface area (Å²) in [5.41, 5.74) is 0. The van der Waals surface area contributed by atoms with Crippen LogP contribution >= 0.6 is 7.82 Å². The third-order valence-corrected chi connectivity index (χ3v) is 3.78. The van der Waals surface area contributed by atoms with Crippen LogP contribution < -0.4 is 4.89 Å². The van der Waals surface area contributed by atoms with Crippen LogP contribution in [0.25, 0.3) is 0 Å². The quantitative estimate of drug-likeness (QED) is 0.453. The molecule has 0 aromatic carbocycles. The van der Waals surface area contributed by atoms with E-state index in [1.54, 1.807) is 13.8 Å². The average Bonchev–Trinajstić information content (AvgIpc) is 2.22. The summed E-state index contributed by atoms with van der Waals surface area (Å²) in [6.07, 6.45) is 4.90. The molecule has 0 saturated carbocycles. The van der Waals surface area contributed by atoms with Crippen molar-refractivity contribution in [1.29, 1.82) is 0 Å². The fourth-order valence-corrected chi connectivity index (χ4v) is 2.70. The Morgan fingerprint density at radius 1 is 1.00 bits per heavy atom. The van der Waals surface area contributed by atoms with Gasteiger partial charge < -0.3 is 13.9 Å². The minimum Gasteiger partial charge on any atom is -0.756 e. The fraction of sp³-hybridized carbons (Fsp3) is 1.00. The van der Waals surface area contributed by atoms with Gasteiger partial charge in [0.15, 0.2) is 0 Å². The van der Waals surface area contributed by atoms with Crippen LogP contribution in [0.5, 0.6) is 0 Å². The summed E-state index contributed by atoms with van der Waals surface area (Å²) in [7, 11) is -4.14. The number of hydrogen-bond donors (Lipinski definition) is 0. The number of phosphoric ester groups is 1. The maximum Gasteiger partial charge on any atom is 0.268 e. The fourth-order valence-electron chi connectivity index (χ4n) is 1.55. The van der Waals surface area contributed by atoms with Gasteiger partial charge in [-0.05, 0) is 26.7 Å². The van der Waals surface area contributed by atoms with Crippen molar-refractivity contribution in [3.05, 3.63) is 0 Å². The molecular formula is C12H26O4PZn-. The number of rotatable bonds is 10. The zero-order chi connectivity index (χ0) is 13.3. The van der Waals surface area contributed by atoms with Gasteiger partial charge >= 0.3 is 0 Å². The van der Waals surface area contributed by atoms with E-state index in [1.807, 2.05) is 0 Å². The Morgan fingerprint density at radius 2 is 1.33 bits per heavy atom. The second-order valence-corrected chi connectivity index (χ2v) is 5.88. The number of phosphoric acid groups is 1. The maximum absolute atomic E-state index is 11.6. The van der Waals surface area contributed by atoms with Crippen molar-refractivity contribution in [3.8, 4) is 0 Å². The minimum absolute atomic E-state index is 0. The van der Waals surface area contributed by atoms with E-state index in [2.05, 4.69) is 13.8 Å². The zero-order valence-corrected chi connectivity index (χ0v) is 16.0. The third-order valence-electron chi connectivity index (χ3n) is 2.55. The van der Waals surface area contributed by atoms with Crippen LogP contribution in [0.15, 0.2) is 0 Å². The van der Waals surface area contributed by atoms with Gasteiger partial charge in [-0.3, -0.25) is 4.57 Å². The minimum atomic E-state index is -4.14. The van der Waals surface area contributed by atoms with E-state index in [9.17, 15) is 9.46 Å². The number of unbranched alkanes of at least 4 members (excludes halogenated alkanes) is 2. The summed E-state index contributed by atoms with van der Waals surface area (Å²) in [6.45, 7) is 7.65. The van der Waals surface area contributed by atoms with Gasteiger partial charge in [0.25, 0.3) is 7.82 Å². The van der Waals surface area contributed by atoms with Gasteiger partial charge in [0.2, 0.25) is 0 Å². The van der Waals surface area contributed by atoms with Gasteiger partial charge in [0, 0.05) is 19.5 Å². The molecule has 0 amide bonds. The van der Waals surface area contributed by atoms with Crippen molar-refractivity contribution in [2.75, 3.05) is 0 Å². The molecule has 0 aromatic rings. The Morgan fingerprint density at radius 3 is 1.61 bits per heavy atom. The maximum atomic E-state index is 11.6. The van der Waals surface area contributed by atoms with Crippen LogP contribution in [0.4, 0.5) is 0 Å². The van der Waals surface area contributed by atoms with Crippen molar-refractivity contribution >= 4 is 7.82 Å². The Balaban J connectivity index is 0. The molecule has 0 radical (unpaired) electrons. The topological polar surface area (TPSA) is 58.6 Å². The van der Waals surface area contributed by atoms with E-state index in [0.717, 1.165) is 38.5 Å². The van der Waals surface area contributed by atoms with Crippen LogP contribution in [0, 0.1) is 0 Å². The van der Waals surface area contributed by atoms with Gasteiger partial charge in [0.1, 0.15) is 0 Å².